The van der Waals surface area contributed by atoms with Crippen molar-refractivity contribution in [2.24, 2.45) is 0 Å². The van der Waals surface area contributed by atoms with Crippen LogP contribution in [0.4, 0.5) is 18.9 Å². The molecule has 1 nitrogen and oxygen atoms in total. The maximum Gasteiger partial charge on any atom is 0.182 e. The average Bonchev–Trinajstić information content (AvgIpc) is 2.77. The Kier molecular flexibility index (Phi) is 2.93. The molecule has 0 saturated heterocycles. The van der Waals surface area contributed by atoms with Crippen LogP contribution in [0.3, 0.4) is 0 Å². The molecule has 0 heterocycles. The molecule has 0 unspecified atom stereocenters. The van der Waals surface area contributed by atoms with Crippen molar-refractivity contribution in [3.63, 3.8) is 0 Å². The second-order valence-corrected chi connectivity index (χ2v) is 4.77. The van der Waals surface area contributed by atoms with Crippen LogP contribution in [-0.2, 0) is 12.8 Å². The van der Waals surface area contributed by atoms with Crippen molar-refractivity contribution in [1.82, 2.24) is 0 Å². The number of rotatable bonds is 2. The molecule has 0 spiro atoms. The highest BCUT2D eigenvalue weighted by Crippen LogP contribution is 2.26. The van der Waals surface area contributed by atoms with Gasteiger partial charge in [0, 0.05) is 18.2 Å². The monoisotopic (exact) mass is 263 g/mol. The first-order chi connectivity index (χ1) is 9.13. The highest BCUT2D eigenvalue weighted by molar-refractivity contribution is 5.48. The van der Waals surface area contributed by atoms with Crippen molar-refractivity contribution in [3.05, 3.63) is 65.0 Å². The van der Waals surface area contributed by atoms with Gasteiger partial charge in [0.2, 0.25) is 0 Å². The van der Waals surface area contributed by atoms with Gasteiger partial charge in [-0.3, -0.25) is 0 Å². The van der Waals surface area contributed by atoms with Crippen molar-refractivity contribution in [3.8, 4) is 0 Å². The van der Waals surface area contributed by atoms with Crippen molar-refractivity contribution in [2.45, 2.75) is 18.9 Å². The summed E-state index contributed by atoms with van der Waals surface area (Å²) in [6.07, 6.45) is 1.46. The summed E-state index contributed by atoms with van der Waals surface area (Å²) in [6.45, 7) is 0. The van der Waals surface area contributed by atoms with Gasteiger partial charge in [-0.2, -0.15) is 0 Å². The van der Waals surface area contributed by atoms with Gasteiger partial charge in [-0.15, -0.1) is 0 Å². The van der Waals surface area contributed by atoms with Crippen LogP contribution in [0.1, 0.15) is 11.1 Å². The summed E-state index contributed by atoms with van der Waals surface area (Å²) in [5.74, 6) is -2.98. The molecule has 0 radical (unpaired) electrons. The fourth-order valence-electron chi connectivity index (χ4n) is 2.54. The molecule has 0 amide bonds. The maximum absolute atomic E-state index is 13.6. The van der Waals surface area contributed by atoms with E-state index in [1.54, 1.807) is 0 Å². The van der Waals surface area contributed by atoms with E-state index >= 15 is 0 Å². The van der Waals surface area contributed by atoms with E-state index < -0.39 is 17.5 Å². The Morgan fingerprint density at radius 3 is 2.21 bits per heavy atom. The average molecular weight is 263 g/mol. The molecule has 2 aromatic carbocycles. The van der Waals surface area contributed by atoms with Gasteiger partial charge in [0.05, 0.1) is 5.69 Å². The lowest BCUT2D eigenvalue weighted by molar-refractivity contribution is 0.496. The normalized spacial score (nSPS) is 14.5. The fraction of sp³-hybridized carbons (Fsp3) is 0.200. The number of fused-ring (bicyclic) bond motifs is 1. The van der Waals surface area contributed by atoms with E-state index in [4.69, 9.17) is 0 Å². The smallest absolute Gasteiger partial charge is 0.182 e. The third-order valence-corrected chi connectivity index (χ3v) is 3.40. The summed E-state index contributed by atoms with van der Waals surface area (Å²) < 4.78 is 39.8. The summed E-state index contributed by atoms with van der Waals surface area (Å²) in [5, 5.41) is 2.88. The molecule has 0 fully saturated rings. The molecule has 3 rings (SSSR count). The molecule has 1 aliphatic rings. The zero-order chi connectivity index (χ0) is 13.4. The van der Waals surface area contributed by atoms with Gasteiger partial charge in [-0.05, 0) is 24.0 Å². The van der Waals surface area contributed by atoms with Gasteiger partial charge < -0.3 is 5.32 Å². The standard InChI is InChI=1S/C15H12F3N/c16-11-7-13(17)15(18)14(8-11)19-12-5-9-3-1-2-4-10(9)6-12/h1-4,7-8,12,19H,5-6H2. The lowest BCUT2D eigenvalue weighted by Crippen LogP contribution is -2.20. The molecule has 0 aromatic heterocycles. The topological polar surface area (TPSA) is 12.0 Å². The Labute approximate surface area is 109 Å². The first-order valence-electron chi connectivity index (χ1n) is 6.11. The number of hydrogen-bond donors (Lipinski definition) is 1. The molecule has 0 atom stereocenters. The quantitative estimate of drug-likeness (QED) is 0.815. The third-order valence-electron chi connectivity index (χ3n) is 3.40. The second kappa shape index (κ2) is 4.61. The number of anilines is 1. The molecule has 2 aromatic rings. The van der Waals surface area contributed by atoms with Gasteiger partial charge in [0.25, 0.3) is 0 Å². The maximum atomic E-state index is 13.6. The molecular formula is C15H12F3N. The number of halogens is 3. The van der Waals surface area contributed by atoms with Gasteiger partial charge in [-0.25, -0.2) is 13.2 Å². The fourth-order valence-corrected chi connectivity index (χ4v) is 2.54. The molecular weight excluding hydrogens is 251 g/mol. The van der Waals surface area contributed by atoms with Crippen LogP contribution in [-0.4, -0.2) is 6.04 Å². The van der Waals surface area contributed by atoms with Crippen LogP contribution >= 0.6 is 0 Å². The summed E-state index contributed by atoms with van der Waals surface area (Å²) >= 11 is 0. The Morgan fingerprint density at radius 2 is 1.58 bits per heavy atom. The van der Waals surface area contributed by atoms with Crippen LogP contribution in [0.2, 0.25) is 0 Å². The summed E-state index contributed by atoms with van der Waals surface area (Å²) in [6, 6.07) is 9.42. The van der Waals surface area contributed by atoms with Gasteiger partial charge in [-0.1, -0.05) is 24.3 Å². The Morgan fingerprint density at radius 1 is 0.947 bits per heavy atom. The predicted octanol–water partition coefficient (Wildman–Crippen LogP) is 3.68. The minimum atomic E-state index is -1.17. The molecule has 1 aliphatic carbocycles. The van der Waals surface area contributed by atoms with E-state index in [0.717, 1.165) is 18.9 Å². The predicted molar refractivity (Wildman–Crippen MR) is 67.6 cm³/mol. The van der Waals surface area contributed by atoms with E-state index in [2.05, 4.69) is 5.32 Å². The zero-order valence-corrected chi connectivity index (χ0v) is 10.1. The minimum Gasteiger partial charge on any atom is -0.379 e. The van der Waals surface area contributed by atoms with E-state index in [-0.39, 0.29) is 11.7 Å². The van der Waals surface area contributed by atoms with E-state index in [0.29, 0.717) is 6.07 Å². The summed E-state index contributed by atoms with van der Waals surface area (Å²) in [7, 11) is 0. The van der Waals surface area contributed by atoms with Gasteiger partial charge in [0.1, 0.15) is 5.82 Å². The molecule has 0 aliphatic heterocycles. The first-order valence-corrected chi connectivity index (χ1v) is 6.11. The number of hydrogen-bond acceptors (Lipinski definition) is 1. The van der Waals surface area contributed by atoms with Crippen LogP contribution in [0.5, 0.6) is 0 Å². The molecule has 1 N–H and O–H groups in total. The zero-order valence-electron chi connectivity index (χ0n) is 10.1. The number of nitrogens with one attached hydrogen (secondary N) is 1. The second-order valence-electron chi connectivity index (χ2n) is 4.77. The molecule has 0 saturated carbocycles. The highest BCUT2D eigenvalue weighted by atomic mass is 19.2. The van der Waals surface area contributed by atoms with Crippen LogP contribution in [0.25, 0.3) is 0 Å². The van der Waals surface area contributed by atoms with E-state index in [1.807, 2.05) is 24.3 Å². The van der Waals surface area contributed by atoms with Gasteiger partial charge >= 0.3 is 0 Å². The third kappa shape index (κ3) is 2.30. The van der Waals surface area contributed by atoms with Crippen LogP contribution in [0.15, 0.2) is 36.4 Å². The minimum absolute atomic E-state index is 0.0342. The van der Waals surface area contributed by atoms with Crippen molar-refractivity contribution in [2.75, 3.05) is 5.32 Å². The van der Waals surface area contributed by atoms with Gasteiger partial charge in [0.15, 0.2) is 11.6 Å². The van der Waals surface area contributed by atoms with E-state index in [1.165, 1.54) is 11.1 Å². The Hall–Kier alpha value is -1.97. The number of benzene rings is 2. The van der Waals surface area contributed by atoms with Crippen molar-refractivity contribution >= 4 is 5.69 Å². The van der Waals surface area contributed by atoms with Crippen LogP contribution in [0, 0.1) is 17.5 Å². The Balaban J connectivity index is 1.81. The summed E-state index contributed by atoms with van der Waals surface area (Å²) in [4.78, 5) is 0. The lowest BCUT2D eigenvalue weighted by Gasteiger charge is -2.14. The molecule has 0 bridgehead atoms. The largest absolute Gasteiger partial charge is 0.379 e. The Bertz CT molecular complexity index is 600. The summed E-state index contributed by atoms with van der Waals surface area (Å²) in [5.41, 5.74) is 2.27. The lowest BCUT2D eigenvalue weighted by atomic mass is 10.1. The molecule has 98 valence electrons. The highest BCUT2D eigenvalue weighted by Gasteiger charge is 2.22. The van der Waals surface area contributed by atoms with Crippen molar-refractivity contribution < 1.29 is 13.2 Å². The van der Waals surface area contributed by atoms with E-state index in [9.17, 15) is 13.2 Å². The SMILES string of the molecule is Fc1cc(F)c(F)c(NC2Cc3ccccc3C2)c1. The molecule has 4 heteroatoms. The first kappa shape index (κ1) is 12.1. The van der Waals surface area contributed by atoms with Crippen molar-refractivity contribution in [1.29, 1.82) is 0 Å². The van der Waals surface area contributed by atoms with Crippen LogP contribution < -0.4 is 5.32 Å². The molecule has 19 heavy (non-hydrogen) atoms.